The monoisotopic (exact) mass is 397 g/mol. The molecule has 8 heteroatoms. The fraction of sp³-hybridized carbons (Fsp3) is 0.300. The van der Waals surface area contributed by atoms with Crippen molar-refractivity contribution in [1.82, 2.24) is 15.1 Å². The van der Waals surface area contributed by atoms with Gasteiger partial charge in [0.15, 0.2) is 5.76 Å². The molecule has 2 atom stereocenters. The number of hydrogen-bond donors (Lipinski definition) is 1. The van der Waals surface area contributed by atoms with Crippen molar-refractivity contribution in [1.29, 1.82) is 0 Å². The van der Waals surface area contributed by atoms with Gasteiger partial charge in [0.1, 0.15) is 11.5 Å². The third kappa shape index (κ3) is 3.84. The molecule has 1 fully saturated rings. The van der Waals surface area contributed by atoms with Gasteiger partial charge in [0.2, 0.25) is 11.9 Å². The molecule has 0 radical (unpaired) electrons. The first-order valence-electron chi connectivity index (χ1n) is 9.12. The van der Waals surface area contributed by atoms with Crippen LogP contribution < -0.4 is 10.2 Å². The van der Waals surface area contributed by atoms with E-state index in [1.807, 2.05) is 25.1 Å². The summed E-state index contributed by atoms with van der Waals surface area (Å²) in [7, 11) is 0. The quantitative estimate of drug-likeness (QED) is 0.689. The highest BCUT2D eigenvalue weighted by Crippen LogP contribution is 2.27. The summed E-state index contributed by atoms with van der Waals surface area (Å²) in [6.07, 6.45) is 2.20. The van der Waals surface area contributed by atoms with Gasteiger partial charge >= 0.3 is 0 Å². The SMILES string of the molecule is CC1CC(=O)N(c2ccnc(N[C@@H](C)c3cc(-c4ccc(Cl)cc4)on3)n2)C1. The second kappa shape index (κ2) is 7.59. The molecule has 0 saturated carbocycles. The molecular formula is C20H20ClN5O2. The number of halogens is 1. The molecule has 1 aliphatic heterocycles. The highest BCUT2D eigenvalue weighted by molar-refractivity contribution is 6.30. The topological polar surface area (TPSA) is 84.2 Å². The maximum atomic E-state index is 12.1. The van der Waals surface area contributed by atoms with E-state index in [1.54, 1.807) is 29.3 Å². The molecule has 1 saturated heterocycles. The molecule has 1 amide bonds. The van der Waals surface area contributed by atoms with Gasteiger partial charge in [0, 0.05) is 35.8 Å². The zero-order valence-corrected chi connectivity index (χ0v) is 16.3. The van der Waals surface area contributed by atoms with Gasteiger partial charge in [-0.1, -0.05) is 23.7 Å². The average molecular weight is 398 g/mol. The smallest absolute Gasteiger partial charge is 0.228 e. The van der Waals surface area contributed by atoms with Crippen molar-refractivity contribution in [2.45, 2.75) is 26.3 Å². The largest absolute Gasteiger partial charge is 0.356 e. The van der Waals surface area contributed by atoms with Crippen LogP contribution in [0.15, 0.2) is 47.1 Å². The maximum absolute atomic E-state index is 12.1. The summed E-state index contributed by atoms with van der Waals surface area (Å²) in [6.45, 7) is 4.68. The van der Waals surface area contributed by atoms with Gasteiger partial charge in [-0.25, -0.2) is 4.98 Å². The van der Waals surface area contributed by atoms with Crippen LogP contribution in [0.1, 0.15) is 32.0 Å². The molecule has 0 bridgehead atoms. The van der Waals surface area contributed by atoms with Crippen LogP contribution in [0.2, 0.25) is 5.02 Å². The van der Waals surface area contributed by atoms with E-state index in [-0.39, 0.29) is 11.9 Å². The minimum Gasteiger partial charge on any atom is -0.356 e. The van der Waals surface area contributed by atoms with Crippen LogP contribution in [0.4, 0.5) is 11.8 Å². The number of benzene rings is 1. The molecular weight excluding hydrogens is 378 g/mol. The summed E-state index contributed by atoms with van der Waals surface area (Å²) in [4.78, 5) is 22.6. The van der Waals surface area contributed by atoms with Crippen LogP contribution in [0, 0.1) is 5.92 Å². The first kappa shape index (κ1) is 18.4. The van der Waals surface area contributed by atoms with Crippen LogP contribution in [0.5, 0.6) is 0 Å². The Morgan fingerprint density at radius 1 is 1.29 bits per heavy atom. The Labute approximate surface area is 167 Å². The van der Waals surface area contributed by atoms with Gasteiger partial charge < -0.3 is 9.84 Å². The first-order chi connectivity index (χ1) is 13.5. The molecule has 28 heavy (non-hydrogen) atoms. The van der Waals surface area contributed by atoms with E-state index < -0.39 is 0 Å². The fourth-order valence-electron chi connectivity index (χ4n) is 3.19. The number of aromatic nitrogens is 3. The van der Waals surface area contributed by atoms with E-state index in [1.165, 1.54) is 0 Å². The predicted octanol–water partition coefficient (Wildman–Crippen LogP) is 4.33. The molecule has 144 valence electrons. The number of nitrogens with one attached hydrogen (secondary N) is 1. The van der Waals surface area contributed by atoms with E-state index in [0.29, 0.717) is 41.4 Å². The molecule has 3 aromatic rings. The molecule has 4 rings (SSSR count). The summed E-state index contributed by atoms with van der Waals surface area (Å²) in [5.41, 5.74) is 1.63. The second-order valence-electron chi connectivity index (χ2n) is 7.04. The molecule has 2 aromatic heterocycles. The standard InChI is InChI=1S/C20H20ClN5O2/c1-12-9-19(27)26(11-12)18-7-8-22-20(24-18)23-13(2)16-10-17(28-25-16)14-3-5-15(21)6-4-14/h3-8,10,12-13H,9,11H2,1-2H3,(H,22,23,24)/t12?,13-/m0/s1. The van der Waals surface area contributed by atoms with Crippen molar-refractivity contribution in [3.63, 3.8) is 0 Å². The number of rotatable bonds is 5. The minimum absolute atomic E-state index is 0.0920. The summed E-state index contributed by atoms with van der Waals surface area (Å²) in [5, 5.41) is 8.03. The van der Waals surface area contributed by atoms with Crippen LogP contribution in [0.3, 0.4) is 0 Å². The van der Waals surface area contributed by atoms with E-state index >= 15 is 0 Å². The third-order valence-electron chi connectivity index (χ3n) is 4.68. The highest BCUT2D eigenvalue weighted by Gasteiger charge is 2.28. The summed E-state index contributed by atoms with van der Waals surface area (Å²) in [6, 6.07) is 10.8. The lowest BCUT2D eigenvalue weighted by Gasteiger charge is -2.17. The van der Waals surface area contributed by atoms with E-state index in [2.05, 4.69) is 27.4 Å². The second-order valence-corrected chi connectivity index (χ2v) is 7.48. The van der Waals surface area contributed by atoms with Crippen molar-refractivity contribution in [3.8, 4) is 11.3 Å². The molecule has 0 aliphatic carbocycles. The number of anilines is 2. The van der Waals surface area contributed by atoms with Crippen molar-refractivity contribution >= 4 is 29.3 Å². The number of hydrogen-bond acceptors (Lipinski definition) is 6. The molecule has 1 aliphatic rings. The van der Waals surface area contributed by atoms with Gasteiger partial charge in [-0.05, 0) is 43.2 Å². The summed E-state index contributed by atoms with van der Waals surface area (Å²) in [5.74, 6) is 2.13. The molecule has 3 heterocycles. The molecule has 7 nitrogen and oxygen atoms in total. The average Bonchev–Trinajstić information content (AvgIpc) is 3.29. The summed E-state index contributed by atoms with van der Waals surface area (Å²) >= 11 is 5.93. The Bertz CT molecular complexity index is 988. The zero-order chi connectivity index (χ0) is 19.7. The van der Waals surface area contributed by atoms with Gasteiger partial charge in [-0.15, -0.1) is 0 Å². The van der Waals surface area contributed by atoms with Crippen LogP contribution in [-0.2, 0) is 4.79 Å². The van der Waals surface area contributed by atoms with Crippen LogP contribution in [0.25, 0.3) is 11.3 Å². The molecule has 1 aromatic carbocycles. The van der Waals surface area contributed by atoms with Crippen LogP contribution >= 0.6 is 11.6 Å². The lowest BCUT2D eigenvalue weighted by atomic mass is 10.1. The molecule has 1 N–H and O–H groups in total. The summed E-state index contributed by atoms with van der Waals surface area (Å²) < 4.78 is 5.45. The first-order valence-corrected chi connectivity index (χ1v) is 9.50. The zero-order valence-electron chi connectivity index (χ0n) is 15.6. The lowest BCUT2D eigenvalue weighted by molar-refractivity contribution is -0.117. The number of carbonyl (C=O) groups is 1. The number of amides is 1. The van der Waals surface area contributed by atoms with Crippen molar-refractivity contribution < 1.29 is 9.32 Å². The maximum Gasteiger partial charge on any atom is 0.228 e. The van der Waals surface area contributed by atoms with Crippen LogP contribution in [-0.4, -0.2) is 27.6 Å². The lowest BCUT2D eigenvalue weighted by Crippen LogP contribution is -2.25. The van der Waals surface area contributed by atoms with Crippen molar-refractivity contribution in [3.05, 3.63) is 53.3 Å². The Morgan fingerprint density at radius 3 is 2.79 bits per heavy atom. The van der Waals surface area contributed by atoms with Gasteiger partial charge in [-0.2, -0.15) is 4.98 Å². The van der Waals surface area contributed by atoms with Crippen molar-refractivity contribution in [2.75, 3.05) is 16.8 Å². The highest BCUT2D eigenvalue weighted by atomic mass is 35.5. The minimum atomic E-state index is -0.173. The van der Waals surface area contributed by atoms with Gasteiger partial charge in [0.05, 0.1) is 6.04 Å². The Hall–Kier alpha value is -2.93. The number of carbonyl (C=O) groups excluding carboxylic acids is 1. The Balaban J connectivity index is 1.48. The van der Waals surface area contributed by atoms with E-state index in [9.17, 15) is 4.79 Å². The Kier molecular flexibility index (Phi) is 5.00. The predicted molar refractivity (Wildman–Crippen MR) is 107 cm³/mol. The Morgan fingerprint density at radius 2 is 2.07 bits per heavy atom. The van der Waals surface area contributed by atoms with Crippen molar-refractivity contribution in [2.24, 2.45) is 5.92 Å². The third-order valence-corrected chi connectivity index (χ3v) is 4.93. The van der Waals surface area contributed by atoms with Gasteiger partial charge in [0.25, 0.3) is 0 Å². The normalized spacial score (nSPS) is 17.8. The van der Waals surface area contributed by atoms with E-state index in [4.69, 9.17) is 16.1 Å². The fourth-order valence-corrected chi connectivity index (χ4v) is 3.31. The van der Waals surface area contributed by atoms with Gasteiger partial charge in [-0.3, -0.25) is 9.69 Å². The van der Waals surface area contributed by atoms with E-state index in [0.717, 1.165) is 11.3 Å². The number of nitrogens with zero attached hydrogens (tertiary/aromatic N) is 4. The molecule has 1 unspecified atom stereocenters. The molecule has 0 spiro atoms.